The number of nitrogens with one attached hydrogen (secondary N) is 2. The van der Waals surface area contributed by atoms with Gasteiger partial charge in [0, 0.05) is 17.7 Å². The van der Waals surface area contributed by atoms with Gasteiger partial charge < -0.3 is 16.0 Å². The van der Waals surface area contributed by atoms with Gasteiger partial charge in [-0.1, -0.05) is 32.0 Å². The van der Waals surface area contributed by atoms with Crippen molar-refractivity contribution in [1.82, 2.24) is 9.97 Å². The van der Waals surface area contributed by atoms with E-state index in [1.165, 1.54) is 6.07 Å². The second-order valence-corrected chi connectivity index (χ2v) is 5.17. The van der Waals surface area contributed by atoms with Gasteiger partial charge in [-0.2, -0.15) is 0 Å². The average molecular weight is 272 g/mol. The monoisotopic (exact) mass is 272 g/mol. The van der Waals surface area contributed by atoms with Crippen LogP contribution >= 0.6 is 0 Å². The number of nitrogens with two attached hydrogens (primary N) is 1. The molecule has 5 heteroatoms. The second-order valence-electron chi connectivity index (χ2n) is 5.17. The Morgan fingerprint density at radius 1 is 1.25 bits per heavy atom. The van der Waals surface area contributed by atoms with Crippen molar-refractivity contribution in [3.63, 3.8) is 0 Å². The first-order valence-corrected chi connectivity index (χ1v) is 6.69. The van der Waals surface area contributed by atoms with Crippen molar-refractivity contribution < 1.29 is 0 Å². The van der Waals surface area contributed by atoms with Crippen LogP contribution in [0.4, 0.5) is 11.5 Å². The van der Waals surface area contributed by atoms with E-state index in [9.17, 15) is 4.79 Å². The second kappa shape index (κ2) is 5.77. The quantitative estimate of drug-likeness (QED) is 0.747. The van der Waals surface area contributed by atoms with Gasteiger partial charge >= 0.3 is 0 Å². The molecule has 1 atom stereocenters. The zero-order chi connectivity index (χ0) is 14.7. The van der Waals surface area contributed by atoms with Crippen molar-refractivity contribution in [2.75, 3.05) is 11.1 Å². The summed E-state index contributed by atoms with van der Waals surface area (Å²) in [6.45, 7) is 5.96. The van der Waals surface area contributed by atoms with E-state index in [1.807, 2.05) is 45.0 Å². The Bertz CT molecular complexity index is 648. The number of hydrogen-bond acceptors (Lipinski definition) is 4. The normalized spacial score (nSPS) is 12.4. The molecule has 1 aromatic heterocycles. The summed E-state index contributed by atoms with van der Waals surface area (Å²) in [4.78, 5) is 18.8. The minimum atomic E-state index is -0.153. The highest BCUT2D eigenvalue weighted by Crippen LogP contribution is 2.22. The number of aromatic nitrogens is 2. The third kappa shape index (κ3) is 3.17. The number of H-pyrrole nitrogens is 1. The SMILES string of the molecule is CC(C)c1nc(NC(C)c2ccccc2N)cc(=O)[nH]1. The molecule has 4 N–H and O–H groups in total. The summed E-state index contributed by atoms with van der Waals surface area (Å²) < 4.78 is 0. The maximum atomic E-state index is 11.6. The molecule has 0 spiro atoms. The first kappa shape index (κ1) is 14.1. The van der Waals surface area contributed by atoms with Gasteiger partial charge in [-0.3, -0.25) is 4.79 Å². The number of benzene rings is 1. The lowest BCUT2D eigenvalue weighted by molar-refractivity contribution is 0.761. The molecule has 2 aromatic rings. The topological polar surface area (TPSA) is 83.8 Å². The van der Waals surface area contributed by atoms with E-state index in [-0.39, 0.29) is 17.5 Å². The van der Waals surface area contributed by atoms with E-state index in [0.29, 0.717) is 11.6 Å². The Balaban J connectivity index is 2.26. The largest absolute Gasteiger partial charge is 0.398 e. The van der Waals surface area contributed by atoms with Gasteiger partial charge in [0.1, 0.15) is 11.6 Å². The van der Waals surface area contributed by atoms with E-state index in [1.54, 1.807) is 0 Å². The Kier molecular flexibility index (Phi) is 4.08. The van der Waals surface area contributed by atoms with Crippen molar-refractivity contribution in [2.24, 2.45) is 0 Å². The van der Waals surface area contributed by atoms with Gasteiger partial charge in [0.15, 0.2) is 0 Å². The Morgan fingerprint density at radius 2 is 1.95 bits per heavy atom. The van der Waals surface area contributed by atoms with Crippen LogP contribution in [0.25, 0.3) is 0 Å². The number of rotatable bonds is 4. The number of aromatic amines is 1. The molecule has 2 rings (SSSR count). The highest BCUT2D eigenvalue weighted by Gasteiger charge is 2.11. The Morgan fingerprint density at radius 3 is 2.60 bits per heavy atom. The lowest BCUT2D eigenvalue weighted by atomic mass is 10.1. The smallest absolute Gasteiger partial charge is 0.252 e. The molecule has 0 bridgehead atoms. The third-order valence-corrected chi connectivity index (χ3v) is 3.13. The predicted molar refractivity (Wildman–Crippen MR) is 81.8 cm³/mol. The fraction of sp³-hybridized carbons (Fsp3) is 0.333. The number of para-hydroxylation sites is 1. The van der Waals surface area contributed by atoms with Gasteiger partial charge in [-0.05, 0) is 18.6 Å². The molecule has 0 amide bonds. The van der Waals surface area contributed by atoms with Crippen LogP contribution in [-0.2, 0) is 0 Å². The molecular formula is C15H20N4O. The first-order valence-electron chi connectivity index (χ1n) is 6.69. The fourth-order valence-corrected chi connectivity index (χ4v) is 2.03. The molecule has 1 heterocycles. The molecule has 0 fully saturated rings. The summed E-state index contributed by atoms with van der Waals surface area (Å²) in [5.74, 6) is 1.41. The molecule has 0 radical (unpaired) electrons. The summed E-state index contributed by atoms with van der Waals surface area (Å²) >= 11 is 0. The zero-order valence-electron chi connectivity index (χ0n) is 12.0. The predicted octanol–water partition coefficient (Wildman–Crippen LogP) is 2.65. The molecule has 0 saturated heterocycles. The van der Waals surface area contributed by atoms with Crippen molar-refractivity contribution in [3.05, 3.63) is 52.1 Å². The highest BCUT2D eigenvalue weighted by molar-refractivity contribution is 5.50. The minimum Gasteiger partial charge on any atom is -0.398 e. The standard InChI is InChI=1S/C15H20N4O/c1-9(2)15-18-13(8-14(20)19-15)17-10(3)11-6-4-5-7-12(11)16/h4-10H,16H2,1-3H3,(H2,17,18,19,20). The van der Waals surface area contributed by atoms with E-state index < -0.39 is 0 Å². The summed E-state index contributed by atoms with van der Waals surface area (Å²) in [6, 6.07) is 9.09. The number of nitrogen functional groups attached to an aromatic ring is 1. The molecule has 1 aromatic carbocycles. The Hall–Kier alpha value is -2.30. The lowest BCUT2D eigenvalue weighted by Crippen LogP contribution is -2.16. The van der Waals surface area contributed by atoms with Gasteiger partial charge in [0.05, 0.1) is 6.04 Å². The Labute approximate surface area is 118 Å². The van der Waals surface area contributed by atoms with E-state index in [2.05, 4.69) is 15.3 Å². The van der Waals surface area contributed by atoms with Crippen molar-refractivity contribution in [2.45, 2.75) is 32.7 Å². The van der Waals surface area contributed by atoms with Gasteiger partial charge in [-0.25, -0.2) is 4.98 Å². The van der Waals surface area contributed by atoms with Crippen molar-refractivity contribution in [1.29, 1.82) is 0 Å². The van der Waals surface area contributed by atoms with E-state index in [0.717, 1.165) is 11.3 Å². The first-order chi connectivity index (χ1) is 9.47. The molecule has 20 heavy (non-hydrogen) atoms. The fourth-order valence-electron chi connectivity index (χ4n) is 2.03. The molecule has 0 aliphatic carbocycles. The van der Waals surface area contributed by atoms with Crippen LogP contribution in [0.2, 0.25) is 0 Å². The van der Waals surface area contributed by atoms with Crippen LogP contribution in [-0.4, -0.2) is 9.97 Å². The molecular weight excluding hydrogens is 252 g/mol. The zero-order valence-corrected chi connectivity index (χ0v) is 12.0. The molecule has 5 nitrogen and oxygen atoms in total. The summed E-state index contributed by atoms with van der Waals surface area (Å²) in [7, 11) is 0. The molecule has 1 unspecified atom stereocenters. The maximum absolute atomic E-state index is 11.6. The van der Waals surface area contributed by atoms with Crippen LogP contribution in [0.1, 0.15) is 44.1 Å². The number of nitrogens with zero attached hydrogens (tertiary/aromatic N) is 1. The van der Waals surface area contributed by atoms with Gasteiger partial charge in [0.2, 0.25) is 0 Å². The van der Waals surface area contributed by atoms with Crippen LogP contribution in [0.15, 0.2) is 35.1 Å². The molecule has 106 valence electrons. The van der Waals surface area contributed by atoms with Crippen LogP contribution in [0, 0.1) is 0 Å². The summed E-state index contributed by atoms with van der Waals surface area (Å²) in [6.07, 6.45) is 0. The highest BCUT2D eigenvalue weighted by atomic mass is 16.1. The van der Waals surface area contributed by atoms with Crippen LogP contribution in [0.3, 0.4) is 0 Å². The van der Waals surface area contributed by atoms with E-state index in [4.69, 9.17) is 5.73 Å². The molecule has 0 aliphatic rings. The number of anilines is 2. The molecule has 0 saturated carbocycles. The van der Waals surface area contributed by atoms with Crippen LogP contribution in [0.5, 0.6) is 0 Å². The lowest BCUT2D eigenvalue weighted by Gasteiger charge is -2.17. The van der Waals surface area contributed by atoms with Gasteiger partial charge in [-0.15, -0.1) is 0 Å². The maximum Gasteiger partial charge on any atom is 0.252 e. The van der Waals surface area contributed by atoms with Crippen LogP contribution < -0.4 is 16.6 Å². The average Bonchev–Trinajstić information content (AvgIpc) is 2.38. The van der Waals surface area contributed by atoms with Crippen molar-refractivity contribution >= 4 is 11.5 Å². The summed E-state index contributed by atoms with van der Waals surface area (Å²) in [5, 5.41) is 3.22. The molecule has 0 aliphatic heterocycles. The van der Waals surface area contributed by atoms with Gasteiger partial charge in [0.25, 0.3) is 5.56 Å². The van der Waals surface area contributed by atoms with Crippen molar-refractivity contribution in [3.8, 4) is 0 Å². The minimum absolute atomic E-state index is 0.0227. The third-order valence-electron chi connectivity index (χ3n) is 3.13. The number of hydrogen-bond donors (Lipinski definition) is 3. The van der Waals surface area contributed by atoms with E-state index >= 15 is 0 Å². The summed E-state index contributed by atoms with van der Waals surface area (Å²) in [5.41, 5.74) is 7.51.